The van der Waals surface area contributed by atoms with E-state index >= 15 is 0 Å². The van der Waals surface area contributed by atoms with Gasteiger partial charge >= 0.3 is 0 Å². The maximum atomic E-state index is 2.57. The van der Waals surface area contributed by atoms with Crippen LogP contribution in [0.4, 0.5) is 0 Å². The Morgan fingerprint density at radius 3 is 2.00 bits per heavy atom. The summed E-state index contributed by atoms with van der Waals surface area (Å²) in [5.41, 5.74) is 0. The summed E-state index contributed by atoms with van der Waals surface area (Å²) in [6.07, 6.45) is 2.90. The molecule has 0 aromatic carbocycles. The largest absolute Gasteiger partial charge is 0.0823 e. The molecule has 0 saturated heterocycles. The van der Waals surface area contributed by atoms with E-state index in [0.717, 1.165) is 15.8 Å². The number of hydrogen-bond acceptors (Lipinski definition) is 0. The Kier molecular flexibility index (Phi) is 2.18. The predicted octanol–water partition coefficient (Wildman–Crippen LogP) is 2.86. The van der Waals surface area contributed by atoms with Crippen LogP contribution >= 0.6 is 22.6 Å². The predicted molar refractivity (Wildman–Crippen MR) is 45.4 cm³/mol. The van der Waals surface area contributed by atoms with E-state index in [1.54, 1.807) is 0 Å². The fraction of sp³-hybridized carbons (Fsp3) is 1.00. The molecule has 3 atom stereocenters. The van der Waals surface area contributed by atoms with Gasteiger partial charge in [-0.15, -0.1) is 0 Å². The lowest BCUT2D eigenvalue weighted by Crippen LogP contribution is -2.06. The summed E-state index contributed by atoms with van der Waals surface area (Å²) in [6, 6.07) is 0. The molecule has 1 aliphatic rings. The Morgan fingerprint density at radius 2 is 1.88 bits per heavy atom. The van der Waals surface area contributed by atoms with Crippen molar-refractivity contribution in [1.82, 2.24) is 0 Å². The average Bonchev–Trinajstić information content (AvgIpc) is 1.98. The SMILES string of the molecule is C[C@H]1[C@@H](C)CC[C@@H]1I. The molecule has 1 heteroatoms. The highest BCUT2D eigenvalue weighted by molar-refractivity contribution is 14.1. The van der Waals surface area contributed by atoms with Gasteiger partial charge in [0.1, 0.15) is 0 Å². The minimum Gasteiger partial charge on any atom is -0.0823 e. The van der Waals surface area contributed by atoms with Gasteiger partial charge in [-0.1, -0.05) is 36.4 Å². The van der Waals surface area contributed by atoms with Gasteiger partial charge in [0.25, 0.3) is 0 Å². The molecule has 0 amide bonds. The average molecular weight is 224 g/mol. The van der Waals surface area contributed by atoms with E-state index in [2.05, 4.69) is 36.4 Å². The summed E-state index contributed by atoms with van der Waals surface area (Å²) in [5.74, 6) is 1.95. The van der Waals surface area contributed by atoms with Gasteiger partial charge in [0.2, 0.25) is 0 Å². The monoisotopic (exact) mass is 224 g/mol. The maximum Gasteiger partial charge on any atom is 0.0138 e. The second-order valence-corrected chi connectivity index (χ2v) is 4.53. The number of rotatable bonds is 0. The molecule has 0 radical (unpaired) electrons. The molecule has 0 aromatic rings. The van der Waals surface area contributed by atoms with E-state index in [1.165, 1.54) is 12.8 Å². The Labute approximate surface area is 65.2 Å². The highest BCUT2D eigenvalue weighted by atomic mass is 127. The Hall–Kier alpha value is 0.730. The van der Waals surface area contributed by atoms with Crippen LogP contribution < -0.4 is 0 Å². The summed E-state index contributed by atoms with van der Waals surface area (Å²) >= 11 is 2.57. The number of halogens is 1. The normalized spacial score (nSPS) is 47.6. The van der Waals surface area contributed by atoms with Crippen molar-refractivity contribution in [2.45, 2.75) is 30.6 Å². The Morgan fingerprint density at radius 1 is 1.25 bits per heavy atom. The van der Waals surface area contributed by atoms with Crippen LogP contribution in [0.2, 0.25) is 0 Å². The summed E-state index contributed by atoms with van der Waals surface area (Å²) in [6.45, 7) is 4.73. The van der Waals surface area contributed by atoms with Crippen LogP contribution in [0.3, 0.4) is 0 Å². The van der Waals surface area contributed by atoms with Gasteiger partial charge in [-0.05, 0) is 24.7 Å². The zero-order chi connectivity index (χ0) is 6.15. The van der Waals surface area contributed by atoms with Crippen LogP contribution in [0.5, 0.6) is 0 Å². The number of alkyl halides is 1. The first-order valence-corrected chi connectivity index (χ1v) is 4.60. The lowest BCUT2D eigenvalue weighted by atomic mass is 10.0. The summed E-state index contributed by atoms with van der Waals surface area (Å²) in [5, 5.41) is 0. The first-order chi connectivity index (χ1) is 3.72. The first kappa shape index (κ1) is 6.84. The third kappa shape index (κ3) is 1.17. The molecule has 0 unspecified atom stereocenters. The molecule has 0 heterocycles. The molecule has 0 N–H and O–H groups in total. The molecule has 0 spiro atoms. The Balaban J connectivity index is 2.44. The second kappa shape index (κ2) is 2.54. The highest BCUT2D eigenvalue weighted by Crippen LogP contribution is 2.35. The van der Waals surface area contributed by atoms with Crippen LogP contribution in [0.15, 0.2) is 0 Å². The minimum atomic E-state index is 0.961. The van der Waals surface area contributed by atoms with E-state index in [-0.39, 0.29) is 0 Å². The van der Waals surface area contributed by atoms with Gasteiger partial charge in [0, 0.05) is 3.92 Å². The van der Waals surface area contributed by atoms with Gasteiger partial charge in [0.15, 0.2) is 0 Å². The van der Waals surface area contributed by atoms with Gasteiger partial charge in [-0.2, -0.15) is 0 Å². The van der Waals surface area contributed by atoms with Gasteiger partial charge in [-0.25, -0.2) is 0 Å². The zero-order valence-electron chi connectivity index (χ0n) is 5.52. The Bertz CT molecular complexity index is 70.5. The third-order valence-corrected chi connectivity index (χ3v) is 4.12. The minimum absolute atomic E-state index is 0.961. The fourth-order valence-corrected chi connectivity index (χ4v) is 2.37. The van der Waals surface area contributed by atoms with Gasteiger partial charge in [-0.3, -0.25) is 0 Å². The van der Waals surface area contributed by atoms with Crippen LogP contribution in [0.25, 0.3) is 0 Å². The molecule has 0 nitrogen and oxygen atoms in total. The smallest absolute Gasteiger partial charge is 0.0138 e. The summed E-state index contributed by atoms with van der Waals surface area (Å²) in [7, 11) is 0. The third-order valence-electron chi connectivity index (χ3n) is 2.37. The van der Waals surface area contributed by atoms with E-state index in [0.29, 0.717) is 0 Å². The van der Waals surface area contributed by atoms with Crippen molar-refractivity contribution in [3.05, 3.63) is 0 Å². The maximum absolute atomic E-state index is 2.57. The van der Waals surface area contributed by atoms with Crippen molar-refractivity contribution >= 4 is 22.6 Å². The molecular weight excluding hydrogens is 211 g/mol. The lowest BCUT2D eigenvalue weighted by Gasteiger charge is -2.10. The molecular formula is C7H13I. The van der Waals surface area contributed by atoms with Crippen LogP contribution in [-0.2, 0) is 0 Å². The van der Waals surface area contributed by atoms with Crippen molar-refractivity contribution in [3.63, 3.8) is 0 Å². The molecule has 48 valence electrons. The molecule has 1 rings (SSSR count). The molecule has 1 saturated carbocycles. The lowest BCUT2D eigenvalue weighted by molar-refractivity contribution is 0.468. The van der Waals surface area contributed by atoms with Crippen molar-refractivity contribution in [3.8, 4) is 0 Å². The quantitative estimate of drug-likeness (QED) is 0.438. The first-order valence-electron chi connectivity index (χ1n) is 3.36. The zero-order valence-corrected chi connectivity index (χ0v) is 7.68. The van der Waals surface area contributed by atoms with E-state index < -0.39 is 0 Å². The van der Waals surface area contributed by atoms with Crippen molar-refractivity contribution < 1.29 is 0 Å². The standard InChI is InChI=1S/C7H13I/c1-5-3-4-7(8)6(5)2/h5-7H,3-4H2,1-2H3/t5-,6-,7-/m0/s1. The molecule has 1 fully saturated rings. The van der Waals surface area contributed by atoms with Gasteiger partial charge < -0.3 is 0 Å². The summed E-state index contributed by atoms with van der Waals surface area (Å²) < 4.78 is 0.961. The van der Waals surface area contributed by atoms with E-state index in [4.69, 9.17) is 0 Å². The molecule has 0 aromatic heterocycles. The highest BCUT2D eigenvalue weighted by Gasteiger charge is 2.26. The van der Waals surface area contributed by atoms with Crippen LogP contribution in [0, 0.1) is 11.8 Å². The fourth-order valence-electron chi connectivity index (χ4n) is 1.30. The van der Waals surface area contributed by atoms with Crippen LogP contribution in [-0.4, -0.2) is 3.92 Å². The number of hydrogen-bond donors (Lipinski definition) is 0. The molecule has 0 bridgehead atoms. The summed E-state index contributed by atoms with van der Waals surface area (Å²) in [4.78, 5) is 0. The molecule has 8 heavy (non-hydrogen) atoms. The van der Waals surface area contributed by atoms with Crippen molar-refractivity contribution in [2.75, 3.05) is 0 Å². The molecule has 1 aliphatic carbocycles. The topological polar surface area (TPSA) is 0 Å². The molecule has 0 aliphatic heterocycles. The van der Waals surface area contributed by atoms with Crippen molar-refractivity contribution in [2.24, 2.45) is 11.8 Å². The van der Waals surface area contributed by atoms with E-state index in [9.17, 15) is 0 Å². The van der Waals surface area contributed by atoms with Crippen molar-refractivity contribution in [1.29, 1.82) is 0 Å². The van der Waals surface area contributed by atoms with E-state index in [1.807, 2.05) is 0 Å². The van der Waals surface area contributed by atoms with Crippen LogP contribution in [0.1, 0.15) is 26.7 Å². The van der Waals surface area contributed by atoms with Gasteiger partial charge in [0.05, 0.1) is 0 Å². The second-order valence-electron chi connectivity index (χ2n) is 2.93.